The van der Waals surface area contributed by atoms with Crippen molar-refractivity contribution in [2.75, 3.05) is 13.7 Å². The van der Waals surface area contributed by atoms with E-state index in [9.17, 15) is 4.79 Å². The van der Waals surface area contributed by atoms with Crippen LogP contribution in [0.2, 0.25) is 0 Å². The first-order chi connectivity index (χ1) is 14.0. The molecular weight excluding hydrogens is 362 g/mol. The third-order valence-corrected chi connectivity index (χ3v) is 5.01. The van der Waals surface area contributed by atoms with Gasteiger partial charge in [-0.15, -0.1) is 0 Å². The van der Waals surface area contributed by atoms with Gasteiger partial charge in [0, 0.05) is 36.5 Å². The molecule has 1 aliphatic rings. The monoisotopic (exact) mass is 389 g/mol. The minimum absolute atomic E-state index is 0.0901. The number of rotatable bonds is 7. The van der Waals surface area contributed by atoms with Gasteiger partial charge in [0.2, 0.25) is 0 Å². The zero-order chi connectivity index (χ0) is 20.8. The van der Waals surface area contributed by atoms with Crippen LogP contribution >= 0.6 is 0 Å². The molecule has 2 aromatic rings. The molecule has 0 amide bonds. The lowest BCUT2D eigenvalue weighted by atomic mass is 10.1. The Kier molecular flexibility index (Phi) is 6.56. The molecule has 1 atom stereocenters. The minimum Gasteiger partial charge on any atom is -0.487 e. The lowest BCUT2D eigenvalue weighted by Gasteiger charge is -2.20. The van der Waals surface area contributed by atoms with Crippen LogP contribution in [0.25, 0.3) is 0 Å². The molecule has 5 nitrogen and oxygen atoms in total. The number of aryl methyl sites for hydroxylation is 1. The Labute approximate surface area is 171 Å². The first kappa shape index (κ1) is 20.5. The van der Waals surface area contributed by atoms with Crippen LogP contribution in [0.4, 0.5) is 0 Å². The Morgan fingerprint density at radius 3 is 2.66 bits per heavy atom. The average molecular weight is 389 g/mol. The van der Waals surface area contributed by atoms with Crippen LogP contribution < -0.4 is 15.6 Å². The molecular formula is C24H27N3O2. The maximum absolute atomic E-state index is 12.8. The molecule has 1 aromatic carbocycles. The fourth-order valence-corrected chi connectivity index (χ4v) is 3.13. The Bertz CT molecular complexity index is 1020. The summed E-state index contributed by atoms with van der Waals surface area (Å²) >= 11 is 0. The van der Waals surface area contributed by atoms with E-state index in [2.05, 4.69) is 17.2 Å². The third kappa shape index (κ3) is 5.39. The van der Waals surface area contributed by atoms with Crippen LogP contribution in [-0.4, -0.2) is 24.4 Å². The summed E-state index contributed by atoms with van der Waals surface area (Å²) in [5, 5.41) is 10.1. The Morgan fingerprint density at radius 2 is 2.07 bits per heavy atom. The third-order valence-electron chi connectivity index (χ3n) is 5.01. The highest BCUT2D eigenvalue weighted by atomic mass is 16.5. The second-order valence-corrected chi connectivity index (χ2v) is 7.28. The smallest absolute Gasteiger partial charge is 0.254 e. The van der Waals surface area contributed by atoms with Crippen LogP contribution in [0.15, 0.2) is 53.0 Å². The van der Waals surface area contributed by atoms with E-state index >= 15 is 0 Å². The van der Waals surface area contributed by atoms with Gasteiger partial charge in [-0.05, 0) is 56.5 Å². The van der Waals surface area contributed by atoms with Crippen molar-refractivity contribution in [1.29, 1.82) is 5.41 Å². The Hall–Kier alpha value is -3.26. The molecule has 0 aliphatic heterocycles. The number of hydrogen-bond donors (Lipinski definition) is 2. The average Bonchev–Trinajstić information content (AvgIpc) is 3.54. The molecule has 1 aliphatic carbocycles. The highest BCUT2D eigenvalue weighted by molar-refractivity contribution is 5.68. The van der Waals surface area contributed by atoms with Gasteiger partial charge >= 0.3 is 0 Å². The predicted octanol–water partition coefficient (Wildman–Crippen LogP) is 3.66. The minimum atomic E-state index is -0.104. The number of nitrogens with zero attached hydrogens (tertiary/aromatic N) is 1. The van der Waals surface area contributed by atoms with E-state index in [1.54, 1.807) is 17.7 Å². The summed E-state index contributed by atoms with van der Waals surface area (Å²) in [6, 6.07) is 11.4. The molecule has 1 fully saturated rings. The second-order valence-electron chi connectivity index (χ2n) is 7.28. The summed E-state index contributed by atoms with van der Waals surface area (Å²) in [7, 11) is 1.77. The molecule has 0 bridgehead atoms. The second kappa shape index (κ2) is 9.29. The summed E-state index contributed by atoms with van der Waals surface area (Å²) in [6.07, 6.45) is 5.26. The molecule has 0 radical (unpaired) electrons. The summed E-state index contributed by atoms with van der Waals surface area (Å²) < 4.78 is 7.49. The molecule has 5 heteroatoms. The summed E-state index contributed by atoms with van der Waals surface area (Å²) in [5.41, 5.74) is 3.57. The van der Waals surface area contributed by atoms with Gasteiger partial charge in [-0.1, -0.05) is 24.0 Å². The zero-order valence-electron chi connectivity index (χ0n) is 17.2. The molecule has 3 rings (SSSR count). The maximum atomic E-state index is 12.8. The van der Waals surface area contributed by atoms with Crippen molar-refractivity contribution in [2.24, 2.45) is 5.92 Å². The largest absolute Gasteiger partial charge is 0.487 e. The van der Waals surface area contributed by atoms with Gasteiger partial charge in [-0.25, -0.2) is 0 Å². The Balaban J connectivity index is 1.76. The van der Waals surface area contributed by atoms with E-state index in [0.29, 0.717) is 11.7 Å². The van der Waals surface area contributed by atoms with Crippen LogP contribution in [0, 0.1) is 30.1 Å². The zero-order valence-corrected chi connectivity index (χ0v) is 17.2. The van der Waals surface area contributed by atoms with Crippen molar-refractivity contribution in [2.45, 2.75) is 32.7 Å². The summed E-state index contributed by atoms with van der Waals surface area (Å²) in [4.78, 5) is 12.8. The molecule has 0 spiro atoms. The fraction of sp³-hybridized carbons (Fsp3) is 0.333. The summed E-state index contributed by atoms with van der Waals surface area (Å²) in [5.74, 6) is 7.60. The van der Waals surface area contributed by atoms with E-state index in [-0.39, 0.29) is 18.2 Å². The molecule has 1 aromatic heterocycles. The number of benzene rings is 1. The van der Waals surface area contributed by atoms with Crippen molar-refractivity contribution in [3.05, 3.63) is 75.3 Å². The molecule has 29 heavy (non-hydrogen) atoms. The first-order valence-electron chi connectivity index (χ1n) is 9.86. The van der Waals surface area contributed by atoms with E-state index < -0.39 is 0 Å². The first-order valence-corrected chi connectivity index (χ1v) is 9.86. The predicted molar refractivity (Wildman–Crippen MR) is 117 cm³/mol. The van der Waals surface area contributed by atoms with Gasteiger partial charge in [0.15, 0.2) is 0 Å². The molecule has 1 heterocycles. The SMILES string of the molecule is CN/C(=C\C=N)COc1cc(C)n([C@H](C)c2ccc(C#CC3CC3)cc2)c(=O)c1. The topological polar surface area (TPSA) is 67.1 Å². The van der Waals surface area contributed by atoms with Crippen LogP contribution in [0.1, 0.15) is 42.6 Å². The summed E-state index contributed by atoms with van der Waals surface area (Å²) in [6.45, 7) is 4.20. The maximum Gasteiger partial charge on any atom is 0.254 e. The quantitative estimate of drug-likeness (QED) is 0.561. The van der Waals surface area contributed by atoms with Crippen molar-refractivity contribution in [3.63, 3.8) is 0 Å². The highest BCUT2D eigenvalue weighted by Gasteiger charge is 2.18. The highest BCUT2D eigenvalue weighted by Crippen LogP contribution is 2.27. The number of allylic oxidation sites excluding steroid dienone is 1. The van der Waals surface area contributed by atoms with Crippen LogP contribution in [-0.2, 0) is 0 Å². The van der Waals surface area contributed by atoms with Gasteiger partial charge in [-0.3, -0.25) is 4.79 Å². The molecule has 0 unspecified atom stereocenters. The normalized spacial score (nSPS) is 14.5. The number of hydrogen-bond acceptors (Lipinski definition) is 4. The van der Waals surface area contributed by atoms with E-state index in [1.165, 1.54) is 25.1 Å². The van der Waals surface area contributed by atoms with E-state index in [1.807, 2.05) is 44.2 Å². The number of aromatic nitrogens is 1. The van der Waals surface area contributed by atoms with Crippen molar-refractivity contribution in [3.8, 4) is 17.6 Å². The lowest BCUT2D eigenvalue weighted by molar-refractivity contribution is 0.342. The van der Waals surface area contributed by atoms with Crippen molar-refractivity contribution < 1.29 is 4.74 Å². The molecule has 0 saturated heterocycles. The van der Waals surface area contributed by atoms with Gasteiger partial charge in [0.05, 0.1) is 11.7 Å². The van der Waals surface area contributed by atoms with Gasteiger partial charge in [-0.2, -0.15) is 0 Å². The number of pyridine rings is 1. The molecule has 2 N–H and O–H groups in total. The molecule has 150 valence electrons. The van der Waals surface area contributed by atoms with Gasteiger partial charge in [0.25, 0.3) is 5.56 Å². The van der Waals surface area contributed by atoms with Crippen LogP contribution in [0.3, 0.4) is 0 Å². The van der Waals surface area contributed by atoms with Gasteiger partial charge in [0.1, 0.15) is 12.4 Å². The number of likely N-dealkylation sites (N-methyl/N-ethyl adjacent to an activating group) is 1. The number of nitrogens with one attached hydrogen (secondary N) is 2. The number of ether oxygens (including phenoxy) is 1. The lowest BCUT2D eigenvalue weighted by Crippen LogP contribution is -2.26. The van der Waals surface area contributed by atoms with Crippen molar-refractivity contribution >= 4 is 6.21 Å². The van der Waals surface area contributed by atoms with E-state index in [4.69, 9.17) is 10.1 Å². The van der Waals surface area contributed by atoms with E-state index in [0.717, 1.165) is 22.5 Å². The van der Waals surface area contributed by atoms with Crippen molar-refractivity contribution in [1.82, 2.24) is 9.88 Å². The van der Waals surface area contributed by atoms with Gasteiger partial charge < -0.3 is 20.0 Å². The molecule has 1 saturated carbocycles. The van der Waals surface area contributed by atoms with Crippen LogP contribution in [0.5, 0.6) is 5.75 Å². The fourth-order valence-electron chi connectivity index (χ4n) is 3.13. The Morgan fingerprint density at radius 1 is 1.34 bits per heavy atom. The standard InChI is InChI=1S/C24H27N3O2/c1-17-14-23(29-16-22(26-3)12-13-25)15-24(28)27(17)18(2)21-10-8-20(9-11-21)7-6-19-4-5-19/h8-15,18-19,25-26H,4-5,16H2,1-3H3/b22-12-,25-13?/t18-/m1/s1.